The molecule has 2 aliphatic heterocycles. The Morgan fingerprint density at radius 1 is 1.24 bits per heavy atom. The van der Waals surface area contributed by atoms with Crippen LogP contribution in [0.3, 0.4) is 0 Å². The van der Waals surface area contributed by atoms with E-state index in [0.717, 1.165) is 61.9 Å². The quantitative estimate of drug-likeness (QED) is 0.856. The molecule has 1 aromatic heterocycles. The van der Waals surface area contributed by atoms with Crippen LogP contribution < -0.4 is 4.74 Å². The number of piperidine rings is 1. The second-order valence-electron chi connectivity index (χ2n) is 6.91. The number of hydrogen-bond donors (Lipinski definition) is 0. The number of carbonyl (C=O) groups is 1. The van der Waals surface area contributed by atoms with E-state index in [4.69, 9.17) is 4.74 Å². The number of ether oxygens (including phenoxy) is 1. The van der Waals surface area contributed by atoms with E-state index in [0.29, 0.717) is 12.3 Å². The van der Waals surface area contributed by atoms with E-state index in [2.05, 4.69) is 14.8 Å². The normalized spacial score (nSPS) is 17.6. The van der Waals surface area contributed by atoms with Crippen LogP contribution in [0.5, 0.6) is 5.75 Å². The molecule has 0 bridgehead atoms. The maximum absolute atomic E-state index is 12.6. The molecule has 25 heavy (non-hydrogen) atoms. The van der Waals surface area contributed by atoms with E-state index in [1.165, 1.54) is 6.42 Å². The Bertz CT molecular complexity index is 763. The molecule has 4 rings (SSSR count). The third kappa shape index (κ3) is 3.25. The van der Waals surface area contributed by atoms with Gasteiger partial charge in [-0.15, -0.1) is 10.2 Å². The molecule has 132 valence electrons. The number of rotatable bonds is 4. The summed E-state index contributed by atoms with van der Waals surface area (Å²) in [6, 6.07) is 7.74. The minimum atomic E-state index is 0.193. The average molecular weight is 340 g/mol. The number of aromatic nitrogens is 3. The molecule has 0 spiro atoms. The largest absolute Gasteiger partial charge is 0.497 e. The summed E-state index contributed by atoms with van der Waals surface area (Å²) in [4.78, 5) is 14.6. The van der Waals surface area contributed by atoms with Crippen LogP contribution in [0.1, 0.15) is 42.4 Å². The average Bonchev–Trinajstić information content (AvgIpc) is 3.25. The molecule has 0 saturated carbocycles. The van der Waals surface area contributed by atoms with E-state index in [9.17, 15) is 4.79 Å². The Hall–Kier alpha value is -2.37. The Morgan fingerprint density at radius 2 is 2.08 bits per heavy atom. The topological polar surface area (TPSA) is 60.2 Å². The number of methoxy groups -OCH3 is 1. The summed E-state index contributed by atoms with van der Waals surface area (Å²) in [6.45, 7) is 2.65. The van der Waals surface area contributed by atoms with Gasteiger partial charge in [0.1, 0.15) is 17.4 Å². The molecule has 0 radical (unpaired) electrons. The highest BCUT2D eigenvalue weighted by atomic mass is 16.5. The molecule has 1 fully saturated rings. The molecular weight excluding hydrogens is 316 g/mol. The molecule has 0 aliphatic carbocycles. The first-order valence-corrected chi connectivity index (χ1v) is 9.07. The van der Waals surface area contributed by atoms with E-state index in [1.807, 2.05) is 29.2 Å². The molecule has 2 aromatic rings. The van der Waals surface area contributed by atoms with Gasteiger partial charge in [-0.1, -0.05) is 12.1 Å². The zero-order valence-electron chi connectivity index (χ0n) is 14.6. The number of hydrogen-bond acceptors (Lipinski definition) is 4. The minimum absolute atomic E-state index is 0.193. The first-order valence-electron chi connectivity index (χ1n) is 9.07. The first kappa shape index (κ1) is 16.1. The lowest BCUT2D eigenvalue weighted by molar-refractivity contribution is -0.131. The highest BCUT2D eigenvalue weighted by Gasteiger charge is 2.29. The van der Waals surface area contributed by atoms with E-state index < -0.39 is 0 Å². The van der Waals surface area contributed by atoms with Gasteiger partial charge in [0, 0.05) is 32.0 Å². The number of carbonyl (C=O) groups excluding carboxylic acids is 1. The maximum Gasteiger partial charge on any atom is 0.226 e. The fraction of sp³-hybridized carbons (Fsp3) is 0.526. The van der Waals surface area contributed by atoms with Gasteiger partial charge in [-0.2, -0.15) is 0 Å². The Labute approximate surface area is 147 Å². The second kappa shape index (κ2) is 6.86. The standard InChI is InChI=1S/C19H24N4O2/c1-25-16-5-2-4-14(12-16)13-18(24)22-10-7-15(8-11-22)19-21-20-17-6-3-9-23(17)19/h2,4-5,12,15H,3,6-11,13H2,1H3. The van der Waals surface area contributed by atoms with Crippen LogP contribution in [0.2, 0.25) is 0 Å². The lowest BCUT2D eigenvalue weighted by Crippen LogP contribution is -2.39. The van der Waals surface area contributed by atoms with Crippen molar-refractivity contribution < 1.29 is 9.53 Å². The fourth-order valence-electron chi connectivity index (χ4n) is 3.93. The van der Waals surface area contributed by atoms with Gasteiger partial charge in [-0.25, -0.2) is 0 Å². The summed E-state index contributed by atoms with van der Waals surface area (Å²) in [5.41, 5.74) is 1.00. The molecule has 2 aliphatic rings. The molecule has 0 atom stereocenters. The van der Waals surface area contributed by atoms with Crippen LogP contribution in [-0.4, -0.2) is 45.8 Å². The summed E-state index contributed by atoms with van der Waals surface area (Å²) in [7, 11) is 1.65. The monoisotopic (exact) mass is 340 g/mol. The number of aryl methyl sites for hydroxylation is 1. The molecule has 0 unspecified atom stereocenters. The number of likely N-dealkylation sites (tertiary alicyclic amines) is 1. The van der Waals surface area contributed by atoms with Crippen molar-refractivity contribution >= 4 is 5.91 Å². The van der Waals surface area contributed by atoms with Gasteiger partial charge in [0.2, 0.25) is 5.91 Å². The predicted molar refractivity (Wildman–Crippen MR) is 93.6 cm³/mol. The van der Waals surface area contributed by atoms with Crippen LogP contribution >= 0.6 is 0 Å². The van der Waals surface area contributed by atoms with Crippen molar-refractivity contribution in [3.8, 4) is 5.75 Å². The zero-order chi connectivity index (χ0) is 17.2. The van der Waals surface area contributed by atoms with E-state index in [1.54, 1.807) is 7.11 Å². The molecule has 1 aromatic carbocycles. The van der Waals surface area contributed by atoms with Crippen LogP contribution in [0.4, 0.5) is 0 Å². The SMILES string of the molecule is COc1cccc(CC(=O)N2CCC(c3nnc4n3CCC4)CC2)c1. The van der Waals surface area contributed by atoms with Crippen LogP contribution in [-0.2, 0) is 24.2 Å². The molecule has 0 N–H and O–H groups in total. The summed E-state index contributed by atoms with van der Waals surface area (Å²) < 4.78 is 7.52. The third-order valence-corrected chi connectivity index (χ3v) is 5.34. The Morgan fingerprint density at radius 3 is 2.88 bits per heavy atom. The number of benzene rings is 1. The van der Waals surface area contributed by atoms with Gasteiger partial charge in [-0.3, -0.25) is 4.79 Å². The van der Waals surface area contributed by atoms with Crippen molar-refractivity contribution in [1.29, 1.82) is 0 Å². The van der Waals surface area contributed by atoms with Crippen molar-refractivity contribution in [3.05, 3.63) is 41.5 Å². The summed E-state index contributed by atoms with van der Waals surface area (Å²) in [5.74, 6) is 3.68. The summed E-state index contributed by atoms with van der Waals surface area (Å²) >= 11 is 0. The van der Waals surface area contributed by atoms with Gasteiger partial charge < -0.3 is 14.2 Å². The van der Waals surface area contributed by atoms with Gasteiger partial charge in [0.25, 0.3) is 0 Å². The second-order valence-corrected chi connectivity index (χ2v) is 6.91. The van der Waals surface area contributed by atoms with Gasteiger partial charge in [-0.05, 0) is 37.0 Å². The fourth-order valence-corrected chi connectivity index (χ4v) is 3.93. The van der Waals surface area contributed by atoms with Crippen molar-refractivity contribution in [1.82, 2.24) is 19.7 Å². The lowest BCUT2D eigenvalue weighted by Gasteiger charge is -2.31. The van der Waals surface area contributed by atoms with Crippen molar-refractivity contribution in [2.24, 2.45) is 0 Å². The minimum Gasteiger partial charge on any atom is -0.497 e. The molecule has 3 heterocycles. The number of amides is 1. The summed E-state index contributed by atoms with van der Waals surface area (Å²) in [5, 5.41) is 8.73. The van der Waals surface area contributed by atoms with Gasteiger partial charge in [0.15, 0.2) is 0 Å². The molecule has 1 saturated heterocycles. The molecule has 6 nitrogen and oxygen atoms in total. The zero-order valence-corrected chi connectivity index (χ0v) is 14.6. The third-order valence-electron chi connectivity index (χ3n) is 5.34. The molecule has 6 heteroatoms. The van der Waals surface area contributed by atoms with Crippen molar-refractivity contribution in [2.75, 3.05) is 20.2 Å². The predicted octanol–water partition coefficient (Wildman–Crippen LogP) is 2.18. The van der Waals surface area contributed by atoms with Crippen LogP contribution in [0.25, 0.3) is 0 Å². The van der Waals surface area contributed by atoms with Crippen LogP contribution in [0.15, 0.2) is 24.3 Å². The Kier molecular flexibility index (Phi) is 4.42. The molecule has 1 amide bonds. The van der Waals surface area contributed by atoms with E-state index in [-0.39, 0.29) is 5.91 Å². The highest BCUT2D eigenvalue weighted by molar-refractivity contribution is 5.79. The summed E-state index contributed by atoms with van der Waals surface area (Å²) in [6.07, 6.45) is 4.60. The highest BCUT2D eigenvalue weighted by Crippen LogP contribution is 2.29. The van der Waals surface area contributed by atoms with E-state index >= 15 is 0 Å². The van der Waals surface area contributed by atoms with Crippen molar-refractivity contribution in [2.45, 2.75) is 44.6 Å². The Balaban J connectivity index is 1.35. The van der Waals surface area contributed by atoms with Gasteiger partial charge >= 0.3 is 0 Å². The first-order chi connectivity index (χ1) is 12.2. The number of nitrogens with zero attached hydrogens (tertiary/aromatic N) is 4. The van der Waals surface area contributed by atoms with Crippen molar-refractivity contribution in [3.63, 3.8) is 0 Å². The van der Waals surface area contributed by atoms with Gasteiger partial charge in [0.05, 0.1) is 13.5 Å². The lowest BCUT2D eigenvalue weighted by atomic mass is 9.95. The number of fused-ring (bicyclic) bond motifs is 1. The maximum atomic E-state index is 12.6. The van der Waals surface area contributed by atoms with Crippen LogP contribution in [0, 0.1) is 0 Å². The smallest absolute Gasteiger partial charge is 0.226 e. The molecular formula is C19H24N4O2.